The third-order valence-corrected chi connectivity index (χ3v) is 6.17. The summed E-state index contributed by atoms with van der Waals surface area (Å²) in [5.74, 6) is 1.53. The predicted octanol–water partition coefficient (Wildman–Crippen LogP) is 3.11. The molecule has 1 atom stereocenters. The molecule has 31 heavy (non-hydrogen) atoms. The van der Waals surface area contributed by atoms with Crippen LogP contribution in [0, 0.1) is 6.92 Å². The van der Waals surface area contributed by atoms with Gasteiger partial charge in [0.25, 0.3) is 5.91 Å². The minimum atomic E-state index is -0.176. The standard InChI is InChI=1S/C23H23N7O/c1-15-26-22-20(11-16-5-3-2-4-6-16)28(9-10-30(22)27-15)23(31)17-12-19-21(24-13-17)29(14-25-19)18-7-8-18/h2-6,12-14,18,20H,7-11H2,1H3/t20-/m0/s1. The normalized spacial score (nSPS) is 18.4. The first-order valence-electron chi connectivity index (χ1n) is 10.8. The summed E-state index contributed by atoms with van der Waals surface area (Å²) in [6.07, 6.45) is 6.56. The van der Waals surface area contributed by atoms with Crippen LogP contribution in [0.25, 0.3) is 11.2 Å². The monoisotopic (exact) mass is 413 g/mol. The molecule has 0 unspecified atom stereocenters. The van der Waals surface area contributed by atoms with Gasteiger partial charge in [-0.1, -0.05) is 30.3 Å². The molecular formula is C23H23N7O. The molecule has 8 heteroatoms. The van der Waals surface area contributed by atoms with E-state index in [1.165, 1.54) is 12.8 Å². The van der Waals surface area contributed by atoms with Gasteiger partial charge in [0, 0.05) is 25.2 Å². The van der Waals surface area contributed by atoms with Crippen LogP contribution in [0.4, 0.5) is 0 Å². The first kappa shape index (κ1) is 18.2. The molecular weight excluding hydrogens is 390 g/mol. The molecule has 1 aliphatic heterocycles. The fourth-order valence-corrected chi connectivity index (χ4v) is 4.48. The van der Waals surface area contributed by atoms with Gasteiger partial charge in [0.05, 0.1) is 24.5 Å². The predicted molar refractivity (Wildman–Crippen MR) is 114 cm³/mol. The summed E-state index contributed by atoms with van der Waals surface area (Å²) in [7, 11) is 0. The number of carbonyl (C=O) groups excluding carboxylic acids is 1. The van der Waals surface area contributed by atoms with Gasteiger partial charge in [0.2, 0.25) is 0 Å². The van der Waals surface area contributed by atoms with Crippen LogP contribution in [-0.4, -0.2) is 46.7 Å². The van der Waals surface area contributed by atoms with E-state index in [4.69, 9.17) is 0 Å². The molecule has 0 bridgehead atoms. The number of benzene rings is 1. The van der Waals surface area contributed by atoms with Gasteiger partial charge in [0.15, 0.2) is 5.65 Å². The lowest BCUT2D eigenvalue weighted by Gasteiger charge is -2.35. The summed E-state index contributed by atoms with van der Waals surface area (Å²) in [6, 6.07) is 12.4. The van der Waals surface area contributed by atoms with Crippen LogP contribution in [0.2, 0.25) is 0 Å². The highest BCUT2D eigenvalue weighted by atomic mass is 16.2. The second-order valence-electron chi connectivity index (χ2n) is 8.39. The average Bonchev–Trinajstić information content (AvgIpc) is 3.42. The molecule has 1 aliphatic carbocycles. The van der Waals surface area contributed by atoms with Crippen LogP contribution in [0.3, 0.4) is 0 Å². The van der Waals surface area contributed by atoms with Crippen molar-refractivity contribution in [2.45, 2.75) is 44.8 Å². The SMILES string of the molecule is Cc1nc2n(n1)CCN(C(=O)c1cnc3c(c1)ncn3C1CC1)[C@H]2Cc1ccccc1. The van der Waals surface area contributed by atoms with Gasteiger partial charge in [0.1, 0.15) is 17.2 Å². The van der Waals surface area contributed by atoms with E-state index in [9.17, 15) is 4.79 Å². The highest BCUT2D eigenvalue weighted by molar-refractivity contribution is 5.96. The number of pyridine rings is 1. The summed E-state index contributed by atoms with van der Waals surface area (Å²) in [5, 5.41) is 4.52. The second-order valence-corrected chi connectivity index (χ2v) is 8.39. The van der Waals surface area contributed by atoms with E-state index in [1.807, 2.05) is 47.1 Å². The number of aryl methyl sites for hydroxylation is 1. The Hall–Kier alpha value is -3.55. The Kier molecular flexibility index (Phi) is 4.12. The van der Waals surface area contributed by atoms with Crippen molar-refractivity contribution in [3.63, 3.8) is 0 Å². The first-order valence-corrected chi connectivity index (χ1v) is 10.8. The summed E-state index contributed by atoms with van der Waals surface area (Å²) < 4.78 is 4.05. The number of aromatic nitrogens is 6. The smallest absolute Gasteiger partial charge is 0.256 e. The number of imidazole rings is 1. The molecule has 0 N–H and O–H groups in total. The van der Waals surface area contributed by atoms with Crippen molar-refractivity contribution in [1.82, 2.24) is 34.2 Å². The number of nitrogens with zero attached hydrogens (tertiary/aromatic N) is 7. The average molecular weight is 413 g/mol. The lowest BCUT2D eigenvalue weighted by atomic mass is 10.0. The molecule has 0 radical (unpaired) electrons. The molecule has 4 heterocycles. The van der Waals surface area contributed by atoms with E-state index in [2.05, 4.69) is 36.8 Å². The van der Waals surface area contributed by atoms with Crippen molar-refractivity contribution in [3.05, 3.63) is 71.7 Å². The third-order valence-electron chi connectivity index (χ3n) is 6.17. The molecule has 3 aromatic heterocycles. The zero-order valence-corrected chi connectivity index (χ0v) is 17.3. The molecule has 1 aromatic carbocycles. The molecule has 1 fully saturated rings. The van der Waals surface area contributed by atoms with E-state index < -0.39 is 0 Å². The molecule has 4 aromatic rings. The number of fused-ring (bicyclic) bond motifs is 2. The Morgan fingerprint density at radius 3 is 2.77 bits per heavy atom. The first-order chi connectivity index (χ1) is 15.2. The van der Waals surface area contributed by atoms with Crippen molar-refractivity contribution in [2.75, 3.05) is 6.54 Å². The van der Waals surface area contributed by atoms with Gasteiger partial charge in [-0.05, 0) is 31.4 Å². The molecule has 0 saturated heterocycles. The van der Waals surface area contributed by atoms with E-state index >= 15 is 0 Å². The van der Waals surface area contributed by atoms with Crippen molar-refractivity contribution in [3.8, 4) is 0 Å². The molecule has 2 aliphatic rings. The molecule has 0 spiro atoms. The van der Waals surface area contributed by atoms with Crippen molar-refractivity contribution >= 4 is 17.1 Å². The van der Waals surface area contributed by atoms with Crippen molar-refractivity contribution < 1.29 is 4.79 Å². The minimum absolute atomic E-state index is 0.0387. The van der Waals surface area contributed by atoms with Crippen LogP contribution >= 0.6 is 0 Å². The highest BCUT2D eigenvalue weighted by Gasteiger charge is 2.34. The largest absolute Gasteiger partial charge is 0.326 e. The lowest BCUT2D eigenvalue weighted by molar-refractivity contribution is 0.0608. The molecule has 1 saturated carbocycles. The van der Waals surface area contributed by atoms with Gasteiger partial charge in [-0.25, -0.2) is 19.6 Å². The zero-order valence-electron chi connectivity index (χ0n) is 17.3. The Bertz CT molecular complexity index is 1270. The topological polar surface area (TPSA) is 81.7 Å². The number of hydrogen-bond donors (Lipinski definition) is 0. The molecule has 6 rings (SSSR count). The van der Waals surface area contributed by atoms with Crippen LogP contribution in [0.15, 0.2) is 48.9 Å². The van der Waals surface area contributed by atoms with Crippen molar-refractivity contribution in [1.29, 1.82) is 0 Å². The highest BCUT2D eigenvalue weighted by Crippen LogP contribution is 2.37. The quantitative estimate of drug-likeness (QED) is 0.513. The van der Waals surface area contributed by atoms with E-state index in [0.29, 0.717) is 31.1 Å². The summed E-state index contributed by atoms with van der Waals surface area (Å²) in [4.78, 5) is 29.3. The summed E-state index contributed by atoms with van der Waals surface area (Å²) >= 11 is 0. The van der Waals surface area contributed by atoms with E-state index in [-0.39, 0.29) is 11.9 Å². The third kappa shape index (κ3) is 3.19. The second kappa shape index (κ2) is 7.01. The Morgan fingerprint density at radius 2 is 1.97 bits per heavy atom. The van der Waals surface area contributed by atoms with Gasteiger partial charge >= 0.3 is 0 Å². The molecule has 1 amide bonds. The van der Waals surface area contributed by atoms with Gasteiger partial charge in [-0.15, -0.1) is 0 Å². The number of carbonyl (C=O) groups is 1. The number of hydrogen-bond acceptors (Lipinski definition) is 5. The van der Waals surface area contributed by atoms with Crippen LogP contribution in [0.5, 0.6) is 0 Å². The minimum Gasteiger partial charge on any atom is -0.326 e. The zero-order chi connectivity index (χ0) is 20.9. The Morgan fingerprint density at radius 1 is 1.13 bits per heavy atom. The molecule has 156 valence electrons. The number of rotatable bonds is 4. The maximum Gasteiger partial charge on any atom is 0.256 e. The molecule has 8 nitrogen and oxygen atoms in total. The fraction of sp³-hybridized carbons (Fsp3) is 0.348. The summed E-state index contributed by atoms with van der Waals surface area (Å²) in [6.45, 7) is 3.12. The fourth-order valence-electron chi connectivity index (χ4n) is 4.48. The van der Waals surface area contributed by atoms with Crippen LogP contribution < -0.4 is 0 Å². The van der Waals surface area contributed by atoms with Crippen molar-refractivity contribution in [2.24, 2.45) is 0 Å². The van der Waals surface area contributed by atoms with E-state index in [1.54, 1.807) is 6.20 Å². The van der Waals surface area contributed by atoms with Gasteiger partial charge < -0.3 is 9.47 Å². The maximum absolute atomic E-state index is 13.6. The maximum atomic E-state index is 13.6. The van der Waals surface area contributed by atoms with Crippen LogP contribution in [-0.2, 0) is 13.0 Å². The number of amides is 1. The van der Waals surface area contributed by atoms with Crippen LogP contribution in [0.1, 0.15) is 52.5 Å². The van der Waals surface area contributed by atoms with E-state index in [0.717, 1.165) is 28.4 Å². The van der Waals surface area contributed by atoms with Gasteiger partial charge in [-0.3, -0.25) is 4.79 Å². The Balaban J connectivity index is 1.35. The Labute approximate surface area is 179 Å². The van der Waals surface area contributed by atoms with Gasteiger partial charge in [-0.2, -0.15) is 5.10 Å². The summed E-state index contributed by atoms with van der Waals surface area (Å²) in [5.41, 5.74) is 3.36. The lowest BCUT2D eigenvalue weighted by Crippen LogP contribution is -2.43.